The van der Waals surface area contributed by atoms with E-state index in [2.05, 4.69) is 4.98 Å². The predicted octanol–water partition coefficient (Wildman–Crippen LogP) is 1.47. The van der Waals surface area contributed by atoms with E-state index in [1.54, 1.807) is 18.2 Å². The summed E-state index contributed by atoms with van der Waals surface area (Å²) in [7, 11) is 0. The van der Waals surface area contributed by atoms with Gasteiger partial charge in [0.25, 0.3) is 5.56 Å². The van der Waals surface area contributed by atoms with Crippen molar-refractivity contribution < 1.29 is 0 Å². The monoisotopic (exact) mass is 285 g/mol. The standard InChI is InChI=1S/C11H9Cl2N3O2/c12-7-1-2-8(13)6(3-7)5-16-9(14)4-10(17)15-11(16)18/h1-4H,5,14H2,(H,15,17,18). The lowest BCUT2D eigenvalue weighted by Gasteiger charge is -2.10. The Kier molecular flexibility index (Phi) is 3.45. The molecule has 0 saturated carbocycles. The Morgan fingerprint density at radius 2 is 1.94 bits per heavy atom. The van der Waals surface area contributed by atoms with Crippen LogP contribution >= 0.6 is 23.2 Å². The number of nitrogen functional groups attached to an aromatic ring is 1. The van der Waals surface area contributed by atoms with Gasteiger partial charge in [0.2, 0.25) is 0 Å². The van der Waals surface area contributed by atoms with Gasteiger partial charge in [-0.1, -0.05) is 23.2 Å². The molecular formula is C11H9Cl2N3O2. The molecule has 1 heterocycles. The molecule has 2 aromatic rings. The lowest BCUT2D eigenvalue weighted by atomic mass is 10.2. The van der Waals surface area contributed by atoms with E-state index in [4.69, 9.17) is 28.9 Å². The van der Waals surface area contributed by atoms with Gasteiger partial charge in [-0.25, -0.2) is 4.79 Å². The van der Waals surface area contributed by atoms with Crippen molar-refractivity contribution in [3.63, 3.8) is 0 Å². The zero-order chi connectivity index (χ0) is 13.3. The molecule has 0 unspecified atom stereocenters. The lowest BCUT2D eigenvalue weighted by Crippen LogP contribution is -2.31. The summed E-state index contributed by atoms with van der Waals surface area (Å²) in [6.45, 7) is 0.140. The smallest absolute Gasteiger partial charge is 0.330 e. The van der Waals surface area contributed by atoms with Crippen LogP contribution in [0.4, 0.5) is 5.82 Å². The van der Waals surface area contributed by atoms with E-state index in [0.717, 1.165) is 6.07 Å². The Balaban J connectivity index is 2.49. The van der Waals surface area contributed by atoms with Crippen molar-refractivity contribution >= 4 is 29.0 Å². The van der Waals surface area contributed by atoms with E-state index in [-0.39, 0.29) is 12.4 Å². The van der Waals surface area contributed by atoms with E-state index in [0.29, 0.717) is 15.6 Å². The Morgan fingerprint density at radius 3 is 2.61 bits per heavy atom. The number of benzene rings is 1. The summed E-state index contributed by atoms with van der Waals surface area (Å²) in [5.74, 6) is 0.0693. The molecule has 0 aliphatic rings. The fraction of sp³-hybridized carbons (Fsp3) is 0.0909. The minimum Gasteiger partial charge on any atom is -0.385 e. The molecule has 0 radical (unpaired) electrons. The molecule has 2 rings (SSSR count). The van der Waals surface area contributed by atoms with Crippen LogP contribution in [0.2, 0.25) is 10.0 Å². The SMILES string of the molecule is Nc1cc(=O)[nH]c(=O)n1Cc1cc(Cl)ccc1Cl. The van der Waals surface area contributed by atoms with Gasteiger partial charge in [0.1, 0.15) is 5.82 Å². The molecule has 0 aliphatic heterocycles. The fourth-order valence-electron chi connectivity index (χ4n) is 1.54. The highest BCUT2D eigenvalue weighted by Crippen LogP contribution is 2.21. The van der Waals surface area contributed by atoms with Crippen molar-refractivity contribution in [3.05, 3.63) is 60.7 Å². The molecule has 18 heavy (non-hydrogen) atoms. The first-order valence-electron chi connectivity index (χ1n) is 5.01. The lowest BCUT2D eigenvalue weighted by molar-refractivity contribution is 0.733. The molecule has 0 atom stereocenters. The molecule has 0 aliphatic carbocycles. The van der Waals surface area contributed by atoms with E-state index in [1.165, 1.54) is 4.57 Å². The van der Waals surface area contributed by atoms with Crippen LogP contribution in [0.1, 0.15) is 5.56 Å². The van der Waals surface area contributed by atoms with Crippen LogP contribution in [0.3, 0.4) is 0 Å². The Labute approximate surface area is 112 Å². The number of aromatic amines is 1. The fourth-order valence-corrected chi connectivity index (χ4v) is 1.91. The molecule has 7 heteroatoms. The molecular weight excluding hydrogens is 277 g/mol. The molecule has 0 amide bonds. The topological polar surface area (TPSA) is 80.9 Å². The van der Waals surface area contributed by atoms with Crippen LogP contribution in [0.5, 0.6) is 0 Å². The first-order valence-corrected chi connectivity index (χ1v) is 5.76. The van der Waals surface area contributed by atoms with E-state index in [1.807, 2.05) is 0 Å². The highest BCUT2D eigenvalue weighted by Gasteiger charge is 2.07. The minimum atomic E-state index is -0.587. The third kappa shape index (κ3) is 2.57. The van der Waals surface area contributed by atoms with Gasteiger partial charge in [-0.3, -0.25) is 14.3 Å². The number of H-pyrrole nitrogens is 1. The van der Waals surface area contributed by atoms with Crippen LogP contribution < -0.4 is 17.0 Å². The van der Waals surface area contributed by atoms with Crippen molar-refractivity contribution in [1.29, 1.82) is 0 Å². The highest BCUT2D eigenvalue weighted by molar-refractivity contribution is 6.33. The number of anilines is 1. The molecule has 0 bridgehead atoms. The average molecular weight is 286 g/mol. The summed E-state index contributed by atoms with van der Waals surface area (Å²) in [5.41, 5.74) is 5.15. The van der Waals surface area contributed by atoms with Crippen LogP contribution in [0.15, 0.2) is 33.9 Å². The molecule has 0 saturated heterocycles. The van der Waals surface area contributed by atoms with Crippen molar-refractivity contribution in [2.24, 2.45) is 0 Å². The second-order valence-electron chi connectivity index (χ2n) is 3.69. The van der Waals surface area contributed by atoms with E-state index in [9.17, 15) is 9.59 Å². The zero-order valence-corrected chi connectivity index (χ0v) is 10.6. The van der Waals surface area contributed by atoms with Crippen molar-refractivity contribution in [2.45, 2.75) is 6.54 Å². The first-order chi connectivity index (χ1) is 8.47. The number of halogens is 2. The maximum absolute atomic E-state index is 11.6. The largest absolute Gasteiger partial charge is 0.385 e. The van der Waals surface area contributed by atoms with Gasteiger partial charge in [0.15, 0.2) is 0 Å². The molecule has 3 N–H and O–H groups in total. The normalized spacial score (nSPS) is 10.6. The summed E-state index contributed by atoms with van der Waals surface area (Å²) in [5, 5.41) is 0.974. The summed E-state index contributed by atoms with van der Waals surface area (Å²) >= 11 is 11.8. The second-order valence-corrected chi connectivity index (χ2v) is 4.53. The number of hydrogen-bond donors (Lipinski definition) is 2. The quantitative estimate of drug-likeness (QED) is 0.877. The van der Waals surface area contributed by atoms with Crippen molar-refractivity contribution in [1.82, 2.24) is 9.55 Å². The van der Waals surface area contributed by atoms with Crippen LogP contribution in [0, 0.1) is 0 Å². The Morgan fingerprint density at radius 1 is 1.22 bits per heavy atom. The minimum absolute atomic E-state index is 0.0693. The summed E-state index contributed by atoms with van der Waals surface area (Å²) in [6, 6.07) is 6.05. The first kappa shape index (κ1) is 12.7. The van der Waals surface area contributed by atoms with Gasteiger partial charge >= 0.3 is 5.69 Å². The molecule has 5 nitrogen and oxygen atoms in total. The third-order valence-electron chi connectivity index (χ3n) is 2.40. The van der Waals surface area contributed by atoms with Gasteiger partial charge in [-0.15, -0.1) is 0 Å². The summed E-state index contributed by atoms with van der Waals surface area (Å²) in [6.07, 6.45) is 0. The Hall–Kier alpha value is -1.72. The van der Waals surface area contributed by atoms with Gasteiger partial charge in [0, 0.05) is 16.1 Å². The number of nitrogens with one attached hydrogen (secondary N) is 1. The predicted molar refractivity (Wildman–Crippen MR) is 71.3 cm³/mol. The number of aromatic nitrogens is 2. The third-order valence-corrected chi connectivity index (χ3v) is 3.01. The maximum Gasteiger partial charge on any atom is 0.330 e. The molecule has 1 aromatic carbocycles. The van der Waals surface area contributed by atoms with E-state index >= 15 is 0 Å². The molecule has 0 spiro atoms. The number of rotatable bonds is 2. The van der Waals surface area contributed by atoms with Gasteiger partial charge in [-0.2, -0.15) is 0 Å². The summed E-state index contributed by atoms with van der Waals surface area (Å²) in [4.78, 5) is 24.8. The van der Waals surface area contributed by atoms with Gasteiger partial charge in [-0.05, 0) is 23.8 Å². The second kappa shape index (κ2) is 4.88. The maximum atomic E-state index is 11.6. The van der Waals surface area contributed by atoms with Gasteiger partial charge < -0.3 is 5.73 Å². The van der Waals surface area contributed by atoms with Gasteiger partial charge in [0.05, 0.1) is 6.54 Å². The average Bonchev–Trinajstić information content (AvgIpc) is 2.28. The van der Waals surface area contributed by atoms with Crippen LogP contribution in [-0.4, -0.2) is 9.55 Å². The van der Waals surface area contributed by atoms with E-state index < -0.39 is 11.2 Å². The number of nitrogens with zero attached hydrogens (tertiary/aromatic N) is 1. The van der Waals surface area contributed by atoms with Crippen molar-refractivity contribution in [3.8, 4) is 0 Å². The Bertz CT molecular complexity index is 706. The number of hydrogen-bond acceptors (Lipinski definition) is 3. The molecule has 94 valence electrons. The van der Waals surface area contributed by atoms with Crippen LogP contribution in [0.25, 0.3) is 0 Å². The van der Waals surface area contributed by atoms with Crippen LogP contribution in [-0.2, 0) is 6.54 Å². The molecule has 1 aromatic heterocycles. The zero-order valence-electron chi connectivity index (χ0n) is 9.11. The number of nitrogens with two attached hydrogens (primary N) is 1. The summed E-state index contributed by atoms with van der Waals surface area (Å²) < 4.78 is 1.21. The molecule has 0 fully saturated rings. The van der Waals surface area contributed by atoms with Crippen molar-refractivity contribution in [2.75, 3.05) is 5.73 Å². The highest BCUT2D eigenvalue weighted by atomic mass is 35.5.